The minimum atomic E-state index is 0.0329. The Labute approximate surface area is 172 Å². The standard InChI is InChI=1S/C23H30N2O4/c1-26-21-9-7-19(8-10-21)11-12-24-13-14-25(20-5-3-2-4-6-20)15-23(24)28-17-22-16-27-18-29-22/h2-10,22-23H,11-18H2,1H3. The molecule has 6 nitrogen and oxygen atoms in total. The van der Waals surface area contributed by atoms with E-state index in [0.717, 1.165) is 38.3 Å². The number of hydrogen-bond acceptors (Lipinski definition) is 6. The molecule has 6 heteroatoms. The molecule has 2 heterocycles. The first-order valence-electron chi connectivity index (χ1n) is 10.3. The van der Waals surface area contributed by atoms with Gasteiger partial charge in [0.05, 0.1) is 26.9 Å². The maximum Gasteiger partial charge on any atom is 0.147 e. The number of hydrogen-bond donors (Lipinski definition) is 0. The third-order valence-corrected chi connectivity index (χ3v) is 5.57. The van der Waals surface area contributed by atoms with E-state index in [1.807, 2.05) is 12.1 Å². The molecule has 2 unspecified atom stereocenters. The van der Waals surface area contributed by atoms with E-state index in [2.05, 4.69) is 52.3 Å². The Morgan fingerprint density at radius 3 is 2.59 bits per heavy atom. The van der Waals surface area contributed by atoms with Crippen molar-refractivity contribution in [1.82, 2.24) is 4.90 Å². The van der Waals surface area contributed by atoms with Crippen LogP contribution in [-0.4, -0.2) is 70.5 Å². The summed E-state index contributed by atoms with van der Waals surface area (Å²) in [6, 6.07) is 18.9. The predicted molar refractivity (Wildman–Crippen MR) is 112 cm³/mol. The van der Waals surface area contributed by atoms with E-state index in [1.54, 1.807) is 7.11 Å². The van der Waals surface area contributed by atoms with Gasteiger partial charge in [-0.25, -0.2) is 0 Å². The van der Waals surface area contributed by atoms with Crippen molar-refractivity contribution in [2.75, 3.05) is 58.2 Å². The highest BCUT2D eigenvalue weighted by atomic mass is 16.7. The van der Waals surface area contributed by atoms with Crippen LogP contribution < -0.4 is 9.64 Å². The summed E-state index contributed by atoms with van der Waals surface area (Å²) in [6.07, 6.45) is 1.05. The van der Waals surface area contributed by atoms with Crippen molar-refractivity contribution in [3.05, 3.63) is 60.2 Å². The molecule has 29 heavy (non-hydrogen) atoms. The average molecular weight is 399 g/mol. The Hall–Kier alpha value is -2.12. The topological polar surface area (TPSA) is 43.4 Å². The molecule has 2 saturated heterocycles. The monoisotopic (exact) mass is 398 g/mol. The van der Waals surface area contributed by atoms with Gasteiger partial charge in [0, 0.05) is 25.3 Å². The second kappa shape index (κ2) is 10.1. The van der Waals surface area contributed by atoms with Gasteiger partial charge in [-0.1, -0.05) is 30.3 Å². The van der Waals surface area contributed by atoms with Crippen molar-refractivity contribution < 1.29 is 18.9 Å². The molecule has 0 bridgehead atoms. The van der Waals surface area contributed by atoms with Crippen molar-refractivity contribution in [2.45, 2.75) is 18.8 Å². The third kappa shape index (κ3) is 5.48. The summed E-state index contributed by atoms with van der Waals surface area (Å²) in [4.78, 5) is 4.85. The van der Waals surface area contributed by atoms with Crippen LogP contribution in [0.2, 0.25) is 0 Å². The number of piperazine rings is 1. The lowest BCUT2D eigenvalue weighted by atomic mass is 10.1. The van der Waals surface area contributed by atoms with Crippen molar-refractivity contribution in [3.63, 3.8) is 0 Å². The van der Waals surface area contributed by atoms with E-state index >= 15 is 0 Å². The lowest BCUT2D eigenvalue weighted by molar-refractivity contribution is -0.0916. The Morgan fingerprint density at radius 2 is 1.86 bits per heavy atom. The Kier molecular flexibility index (Phi) is 7.00. The molecular formula is C23H30N2O4. The maximum absolute atomic E-state index is 6.32. The highest BCUT2D eigenvalue weighted by molar-refractivity contribution is 5.46. The van der Waals surface area contributed by atoms with E-state index in [4.69, 9.17) is 18.9 Å². The molecule has 2 aliphatic heterocycles. The van der Waals surface area contributed by atoms with Crippen molar-refractivity contribution in [1.29, 1.82) is 0 Å². The van der Waals surface area contributed by atoms with Gasteiger partial charge in [-0.3, -0.25) is 4.90 Å². The fourth-order valence-corrected chi connectivity index (χ4v) is 3.83. The average Bonchev–Trinajstić information content (AvgIpc) is 3.31. The molecule has 4 rings (SSSR count). The van der Waals surface area contributed by atoms with Crippen LogP contribution in [0.15, 0.2) is 54.6 Å². The van der Waals surface area contributed by atoms with E-state index in [9.17, 15) is 0 Å². The summed E-state index contributed by atoms with van der Waals surface area (Å²) in [5, 5.41) is 0. The molecule has 0 aromatic heterocycles. The molecule has 2 aromatic carbocycles. The van der Waals surface area contributed by atoms with E-state index in [1.165, 1.54) is 11.3 Å². The third-order valence-electron chi connectivity index (χ3n) is 5.57. The van der Waals surface area contributed by atoms with E-state index in [-0.39, 0.29) is 12.3 Å². The minimum Gasteiger partial charge on any atom is -0.497 e. The lowest BCUT2D eigenvalue weighted by Crippen LogP contribution is -2.55. The summed E-state index contributed by atoms with van der Waals surface area (Å²) in [5.74, 6) is 0.894. The number of rotatable bonds is 8. The Morgan fingerprint density at radius 1 is 1.03 bits per heavy atom. The molecular weight excluding hydrogens is 368 g/mol. The second-order valence-corrected chi connectivity index (χ2v) is 7.48. The molecule has 2 aromatic rings. The highest BCUT2D eigenvalue weighted by Gasteiger charge is 2.29. The van der Waals surface area contributed by atoms with Crippen LogP contribution in [-0.2, 0) is 20.6 Å². The SMILES string of the molecule is COc1ccc(CCN2CCN(c3ccccc3)CC2OCC2COCO2)cc1. The molecule has 0 aliphatic carbocycles. The zero-order valence-corrected chi connectivity index (χ0v) is 17.0. The molecule has 2 fully saturated rings. The van der Waals surface area contributed by atoms with Gasteiger partial charge in [-0.2, -0.15) is 0 Å². The van der Waals surface area contributed by atoms with Crippen LogP contribution in [0.3, 0.4) is 0 Å². The first kappa shape index (κ1) is 20.2. The number of nitrogens with zero attached hydrogens (tertiary/aromatic N) is 2. The van der Waals surface area contributed by atoms with Crippen LogP contribution in [0.5, 0.6) is 5.75 Å². The summed E-state index contributed by atoms with van der Waals surface area (Å²) in [6.45, 7) is 5.32. The minimum absolute atomic E-state index is 0.0329. The maximum atomic E-state index is 6.32. The molecule has 2 aliphatic rings. The Bertz CT molecular complexity index is 734. The van der Waals surface area contributed by atoms with Crippen LogP contribution in [0.4, 0.5) is 5.69 Å². The van der Waals surface area contributed by atoms with Gasteiger partial charge < -0.3 is 23.8 Å². The summed E-state index contributed by atoms with van der Waals surface area (Å²) in [5.41, 5.74) is 2.55. The first-order valence-corrected chi connectivity index (χ1v) is 10.3. The van der Waals surface area contributed by atoms with E-state index in [0.29, 0.717) is 20.0 Å². The molecule has 2 atom stereocenters. The van der Waals surface area contributed by atoms with Gasteiger partial charge in [0.25, 0.3) is 0 Å². The number of ether oxygens (including phenoxy) is 4. The van der Waals surface area contributed by atoms with Gasteiger partial charge in [0.2, 0.25) is 0 Å². The van der Waals surface area contributed by atoms with Gasteiger partial charge in [-0.05, 0) is 36.2 Å². The van der Waals surface area contributed by atoms with Crippen molar-refractivity contribution in [2.24, 2.45) is 0 Å². The second-order valence-electron chi connectivity index (χ2n) is 7.48. The molecule has 0 spiro atoms. The lowest BCUT2D eigenvalue weighted by Gasteiger charge is -2.42. The van der Waals surface area contributed by atoms with Gasteiger partial charge in [0.15, 0.2) is 0 Å². The quantitative estimate of drug-likeness (QED) is 0.681. The summed E-state index contributed by atoms with van der Waals surface area (Å²) < 4.78 is 22.4. The molecule has 0 radical (unpaired) electrons. The smallest absolute Gasteiger partial charge is 0.147 e. The largest absolute Gasteiger partial charge is 0.497 e. The number of anilines is 1. The van der Waals surface area contributed by atoms with Crippen LogP contribution in [0, 0.1) is 0 Å². The molecule has 0 saturated carbocycles. The van der Waals surface area contributed by atoms with Crippen molar-refractivity contribution in [3.8, 4) is 5.75 Å². The molecule has 156 valence electrons. The van der Waals surface area contributed by atoms with Crippen LogP contribution in [0.1, 0.15) is 5.56 Å². The first-order chi connectivity index (χ1) is 14.3. The highest BCUT2D eigenvalue weighted by Crippen LogP contribution is 2.21. The summed E-state index contributed by atoms with van der Waals surface area (Å²) >= 11 is 0. The van der Waals surface area contributed by atoms with E-state index < -0.39 is 0 Å². The predicted octanol–water partition coefficient (Wildman–Crippen LogP) is 2.78. The fourth-order valence-electron chi connectivity index (χ4n) is 3.83. The van der Waals surface area contributed by atoms with Crippen LogP contribution in [0.25, 0.3) is 0 Å². The van der Waals surface area contributed by atoms with Crippen molar-refractivity contribution >= 4 is 5.69 Å². The molecule has 0 N–H and O–H groups in total. The Balaban J connectivity index is 1.37. The normalized spacial score (nSPS) is 22.7. The fraction of sp³-hybridized carbons (Fsp3) is 0.478. The van der Waals surface area contributed by atoms with Gasteiger partial charge in [-0.15, -0.1) is 0 Å². The number of methoxy groups -OCH3 is 1. The number of benzene rings is 2. The number of para-hydroxylation sites is 1. The van der Waals surface area contributed by atoms with Crippen LogP contribution >= 0.6 is 0 Å². The zero-order valence-electron chi connectivity index (χ0n) is 17.0. The summed E-state index contributed by atoms with van der Waals surface area (Å²) in [7, 11) is 1.70. The molecule has 0 amide bonds. The zero-order chi connectivity index (χ0) is 19.9. The van der Waals surface area contributed by atoms with Gasteiger partial charge in [0.1, 0.15) is 24.9 Å². The van der Waals surface area contributed by atoms with Gasteiger partial charge >= 0.3 is 0 Å².